The van der Waals surface area contributed by atoms with Gasteiger partial charge < -0.3 is 4.52 Å². The number of hydrogen-bond donors (Lipinski definition) is 2. The predicted molar refractivity (Wildman–Crippen MR) is 80.2 cm³/mol. The van der Waals surface area contributed by atoms with Gasteiger partial charge in [-0.05, 0) is 26.1 Å². The number of aromatic nitrogens is 2. The summed E-state index contributed by atoms with van der Waals surface area (Å²) in [5, 5.41) is 4.13. The van der Waals surface area contributed by atoms with E-state index >= 15 is 0 Å². The third kappa shape index (κ3) is 3.47. The quantitative estimate of drug-likeness (QED) is 0.863. The number of pyridine rings is 1. The molecule has 2 N–H and O–H groups in total. The van der Waals surface area contributed by atoms with Gasteiger partial charge in [0.05, 0.1) is 6.54 Å². The SMILES string of the molecule is CC1NNCC1CN(C)Cc1cc(-c2ccncc2)no1. The van der Waals surface area contributed by atoms with Crippen molar-refractivity contribution in [3.8, 4) is 11.3 Å². The molecular weight excluding hydrogens is 266 g/mol. The average molecular weight is 287 g/mol. The third-order valence-corrected chi connectivity index (χ3v) is 3.91. The van der Waals surface area contributed by atoms with E-state index in [1.165, 1.54) is 0 Å². The summed E-state index contributed by atoms with van der Waals surface area (Å²) in [6, 6.07) is 6.36. The van der Waals surface area contributed by atoms with E-state index in [1.807, 2.05) is 18.2 Å². The Morgan fingerprint density at radius 1 is 1.38 bits per heavy atom. The summed E-state index contributed by atoms with van der Waals surface area (Å²) >= 11 is 0. The van der Waals surface area contributed by atoms with E-state index in [1.54, 1.807) is 12.4 Å². The van der Waals surface area contributed by atoms with Crippen LogP contribution in [0, 0.1) is 5.92 Å². The van der Waals surface area contributed by atoms with E-state index in [2.05, 4.69) is 39.9 Å². The zero-order valence-electron chi connectivity index (χ0n) is 12.4. The Morgan fingerprint density at radius 3 is 2.90 bits per heavy atom. The highest BCUT2D eigenvalue weighted by Gasteiger charge is 2.24. The summed E-state index contributed by atoms with van der Waals surface area (Å²) in [5.74, 6) is 1.49. The molecule has 2 atom stereocenters. The van der Waals surface area contributed by atoms with E-state index in [4.69, 9.17) is 4.52 Å². The maximum absolute atomic E-state index is 5.44. The minimum absolute atomic E-state index is 0.495. The first-order chi connectivity index (χ1) is 10.2. The minimum atomic E-state index is 0.495. The molecule has 1 saturated heterocycles. The lowest BCUT2D eigenvalue weighted by atomic mass is 10.0. The topological polar surface area (TPSA) is 66.2 Å². The molecule has 0 aromatic carbocycles. The molecule has 1 fully saturated rings. The van der Waals surface area contributed by atoms with Crippen LogP contribution in [0.15, 0.2) is 35.1 Å². The minimum Gasteiger partial charge on any atom is -0.359 e. The molecule has 0 aliphatic carbocycles. The van der Waals surface area contributed by atoms with Crippen LogP contribution in [0.25, 0.3) is 11.3 Å². The molecule has 0 saturated carbocycles. The second kappa shape index (κ2) is 6.34. The molecule has 0 amide bonds. The number of rotatable bonds is 5. The van der Waals surface area contributed by atoms with Crippen molar-refractivity contribution in [1.82, 2.24) is 25.9 Å². The molecule has 1 aliphatic heterocycles. The first kappa shape index (κ1) is 14.2. The van der Waals surface area contributed by atoms with E-state index < -0.39 is 0 Å². The van der Waals surface area contributed by atoms with Crippen LogP contribution >= 0.6 is 0 Å². The number of hydrazine groups is 1. The van der Waals surface area contributed by atoms with Crippen LogP contribution in [0.4, 0.5) is 0 Å². The fraction of sp³-hybridized carbons (Fsp3) is 0.467. The molecule has 21 heavy (non-hydrogen) atoms. The van der Waals surface area contributed by atoms with Crippen molar-refractivity contribution in [2.45, 2.75) is 19.5 Å². The van der Waals surface area contributed by atoms with E-state index in [0.29, 0.717) is 12.0 Å². The summed E-state index contributed by atoms with van der Waals surface area (Å²) in [6.45, 7) is 4.99. The molecule has 112 valence electrons. The number of nitrogens with zero attached hydrogens (tertiary/aromatic N) is 3. The zero-order valence-corrected chi connectivity index (χ0v) is 12.4. The van der Waals surface area contributed by atoms with E-state index in [-0.39, 0.29) is 0 Å². The van der Waals surface area contributed by atoms with E-state index in [9.17, 15) is 0 Å². The zero-order chi connectivity index (χ0) is 14.7. The molecule has 6 heteroatoms. The molecule has 3 heterocycles. The Labute approximate surface area is 124 Å². The Bertz CT molecular complexity index is 570. The fourth-order valence-electron chi connectivity index (χ4n) is 2.65. The van der Waals surface area contributed by atoms with Crippen LogP contribution in [0.2, 0.25) is 0 Å². The summed E-state index contributed by atoms with van der Waals surface area (Å²) in [7, 11) is 2.11. The molecule has 0 spiro atoms. The molecule has 2 aromatic heterocycles. The fourth-order valence-corrected chi connectivity index (χ4v) is 2.65. The first-order valence-electron chi connectivity index (χ1n) is 7.25. The van der Waals surface area contributed by atoms with Crippen molar-refractivity contribution >= 4 is 0 Å². The smallest absolute Gasteiger partial charge is 0.151 e. The summed E-state index contributed by atoms with van der Waals surface area (Å²) in [4.78, 5) is 6.28. The van der Waals surface area contributed by atoms with Crippen molar-refractivity contribution < 1.29 is 4.52 Å². The van der Waals surface area contributed by atoms with Gasteiger partial charge in [-0.15, -0.1) is 0 Å². The van der Waals surface area contributed by atoms with Crippen molar-refractivity contribution in [3.05, 3.63) is 36.4 Å². The highest BCUT2D eigenvalue weighted by molar-refractivity contribution is 5.57. The molecule has 2 unspecified atom stereocenters. The third-order valence-electron chi connectivity index (χ3n) is 3.91. The summed E-state index contributed by atoms with van der Waals surface area (Å²) < 4.78 is 5.44. The average Bonchev–Trinajstić information content (AvgIpc) is 3.10. The largest absolute Gasteiger partial charge is 0.359 e. The predicted octanol–water partition coefficient (Wildman–Crippen LogP) is 1.28. The van der Waals surface area contributed by atoms with Crippen LogP contribution in [0.3, 0.4) is 0 Å². The molecule has 1 aliphatic rings. The van der Waals surface area contributed by atoms with Gasteiger partial charge in [-0.1, -0.05) is 5.16 Å². The number of hydrogen-bond acceptors (Lipinski definition) is 6. The van der Waals surface area contributed by atoms with Gasteiger partial charge in [-0.3, -0.25) is 20.7 Å². The van der Waals surface area contributed by atoms with Gasteiger partial charge in [-0.25, -0.2) is 0 Å². The molecule has 0 bridgehead atoms. The number of nitrogens with one attached hydrogen (secondary N) is 2. The van der Waals surface area contributed by atoms with Crippen LogP contribution in [-0.4, -0.2) is 41.2 Å². The standard InChI is InChI=1S/C15H21N5O/c1-11-13(8-17-18-11)9-20(2)10-14-7-15(19-21-14)12-3-5-16-6-4-12/h3-7,11,13,17-18H,8-10H2,1-2H3. The van der Waals surface area contributed by atoms with Crippen LogP contribution in [0.5, 0.6) is 0 Å². The molecule has 3 rings (SSSR count). The van der Waals surface area contributed by atoms with Gasteiger partial charge in [0, 0.05) is 49.1 Å². The lowest BCUT2D eigenvalue weighted by molar-refractivity contribution is 0.236. The Morgan fingerprint density at radius 2 is 2.19 bits per heavy atom. The van der Waals surface area contributed by atoms with Gasteiger partial charge in [0.1, 0.15) is 5.69 Å². The molecule has 2 aromatic rings. The molecular formula is C15H21N5O. The van der Waals surface area contributed by atoms with Gasteiger partial charge in [-0.2, -0.15) is 0 Å². The van der Waals surface area contributed by atoms with Crippen LogP contribution in [-0.2, 0) is 6.54 Å². The highest BCUT2D eigenvalue weighted by atomic mass is 16.5. The monoisotopic (exact) mass is 287 g/mol. The normalized spacial score (nSPS) is 22.0. The van der Waals surface area contributed by atoms with Gasteiger partial charge in [0.2, 0.25) is 0 Å². The second-order valence-corrected chi connectivity index (χ2v) is 5.69. The maximum atomic E-state index is 5.44. The molecule has 0 radical (unpaired) electrons. The lowest BCUT2D eigenvalue weighted by Crippen LogP contribution is -2.33. The lowest BCUT2D eigenvalue weighted by Gasteiger charge is -2.21. The first-order valence-corrected chi connectivity index (χ1v) is 7.25. The van der Waals surface area contributed by atoms with Gasteiger partial charge >= 0.3 is 0 Å². The van der Waals surface area contributed by atoms with Crippen molar-refractivity contribution in [3.63, 3.8) is 0 Å². The Hall–Kier alpha value is -1.76. The maximum Gasteiger partial charge on any atom is 0.151 e. The van der Waals surface area contributed by atoms with Crippen LogP contribution < -0.4 is 10.9 Å². The van der Waals surface area contributed by atoms with Crippen molar-refractivity contribution in [2.75, 3.05) is 20.1 Å². The highest BCUT2D eigenvalue weighted by Crippen LogP contribution is 2.19. The molecule has 6 nitrogen and oxygen atoms in total. The van der Waals surface area contributed by atoms with Crippen molar-refractivity contribution in [2.24, 2.45) is 5.92 Å². The van der Waals surface area contributed by atoms with Gasteiger partial charge in [0.15, 0.2) is 5.76 Å². The second-order valence-electron chi connectivity index (χ2n) is 5.69. The summed E-state index contributed by atoms with van der Waals surface area (Å²) in [6.07, 6.45) is 3.52. The summed E-state index contributed by atoms with van der Waals surface area (Å²) in [5.41, 5.74) is 8.33. The van der Waals surface area contributed by atoms with Gasteiger partial charge in [0.25, 0.3) is 0 Å². The Kier molecular flexibility index (Phi) is 4.28. The van der Waals surface area contributed by atoms with E-state index in [0.717, 1.165) is 36.7 Å². The Balaban J connectivity index is 1.59. The van der Waals surface area contributed by atoms with Crippen molar-refractivity contribution in [1.29, 1.82) is 0 Å². The van der Waals surface area contributed by atoms with Crippen LogP contribution in [0.1, 0.15) is 12.7 Å².